The molecule has 2 N–H and O–H groups in total. The standard InChI is InChI=1S/C27H35N7O3S/c1-3-24(35)32-6-4-21(5-7-32)34-14-20(15-34)19-12-18(2)25-23(13-19)31-26-22(16-37-25)27(30-17-29-26)33-8-10-38(28,36)11-9-33/h3,12-13,17,20-21,28H,1,4-11,14-16H2,2H3,(H,29,30,31). The molecule has 6 rings (SSSR count). The molecule has 38 heavy (non-hydrogen) atoms. The van der Waals surface area contributed by atoms with E-state index in [1.807, 2.05) is 4.90 Å². The maximum atomic E-state index is 12.1. The van der Waals surface area contributed by atoms with E-state index in [4.69, 9.17) is 9.52 Å². The molecule has 0 saturated carbocycles. The summed E-state index contributed by atoms with van der Waals surface area (Å²) in [5, 5.41) is 3.52. The minimum atomic E-state index is -2.48. The molecule has 5 heterocycles. The van der Waals surface area contributed by atoms with Gasteiger partial charge in [-0.05, 0) is 43.0 Å². The average Bonchev–Trinajstić information content (AvgIpc) is 3.07. The number of carbonyl (C=O) groups excluding carboxylic acids is 1. The van der Waals surface area contributed by atoms with Gasteiger partial charge >= 0.3 is 0 Å². The summed E-state index contributed by atoms with van der Waals surface area (Å²) in [5.74, 6) is 3.57. The highest BCUT2D eigenvalue weighted by atomic mass is 32.2. The lowest BCUT2D eigenvalue weighted by atomic mass is 9.87. The number of piperidine rings is 1. The zero-order valence-corrected chi connectivity index (χ0v) is 22.6. The van der Waals surface area contributed by atoms with Crippen LogP contribution >= 0.6 is 0 Å². The topological polar surface area (TPSA) is 115 Å². The van der Waals surface area contributed by atoms with Crippen molar-refractivity contribution in [2.45, 2.75) is 38.3 Å². The molecule has 1 amide bonds. The molecule has 0 unspecified atom stereocenters. The van der Waals surface area contributed by atoms with Gasteiger partial charge in [0.15, 0.2) is 0 Å². The summed E-state index contributed by atoms with van der Waals surface area (Å²) in [6.07, 6.45) is 5.00. The third-order valence-electron chi connectivity index (χ3n) is 8.36. The number of nitrogens with one attached hydrogen (secondary N) is 2. The molecule has 1 aromatic heterocycles. The average molecular weight is 538 g/mol. The van der Waals surface area contributed by atoms with Crippen LogP contribution in [0.4, 0.5) is 17.3 Å². The molecule has 0 aliphatic carbocycles. The number of ether oxygens (including phenoxy) is 1. The second kappa shape index (κ2) is 9.85. The number of hydrogen-bond donors (Lipinski definition) is 2. The summed E-state index contributed by atoms with van der Waals surface area (Å²) < 4.78 is 26.3. The number of benzene rings is 1. The van der Waals surface area contributed by atoms with Gasteiger partial charge in [0, 0.05) is 72.5 Å². The van der Waals surface area contributed by atoms with Crippen LogP contribution in [0.5, 0.6) is 5.75 Å². The second-order valence-corrected chi connectivity index (χ2v) is 13.2. The van der Waals surface area contributed by atoms with E-state index in [1.165, 1.54) is 11.6 Å². The summed E-state index contributed by atoms with van der Waals surface area (Å²) in [6, 6.07) is 4.97. The van der Waals surface area contributed by atoms with Gasteiger partial charge in [-0.2, -0.15) is 0 Å². The SMILES string of the molecule is C=CC(=O)N1CCC(N2CC(c3cc(C)c4c(c3)Nc3ncnc(N5CCS(=N)(=O)CC5)c3CO4)C2)CC1. The van der Waals surface area contributed by atoms with Crippen molar-refractivity contribution >= 4 is 33.0 Å². The van der Waals surface area contributed by atoms with Crippen molar-refractivity contribution in [2.75, 3.05) is 61.0 Å². The van der Waals surface area contributed by atoms with Crippen LogP contribution in [0, 0.1) is 11.7 Å². The fourth-order valence-electron chi connectivity index (χ4n) is 6.05. The van der Waals surface area contributed by atoms with Gasteiger partial charge in [0.05, 0.1) is 11.3 Å². The number of carbonyl (C=O) groups is 1. The number of hydrogen-bond acceptors (Lipinski definition) is 9. The van der Waals surface area contributed by atoms with Gasteiger partial charge in [0.25, 0.3) is 0 Å². The molecule has 2 aromatic rings. The van der Waals surface area contributed by atoms with Gasteiger partial charge in [-0.15, -0.1) is 0 Å². The minimum Gasteiger partial charge on any atom is -0.486 e. The first-order chi connectivity index (χ1) is 18.3. The van der Waals surface area contributed by atoms with Crippen LogP contribution in [0.1, 0.15) is 35.4 Å². The van der Waals surface area contributed by atoms with E-state index in [0.29, 0.717) is 43.2 Å². The van der Waals surface area contributed by atoms with E-state index in [1.54, 1.807) is 6.33 Å². The molecular weight excluding hydrogens is 502 g/mol. The fourth-order valence-corrected chi connectivity index (χ4v) is 7.29. The summed E-state index contributed by atoms with van der Waals surface area (Å²) in [5.41, 5.74) is 4.20. The van der Waals surface area contributed by atoms with Crippen LogP contribution in [0.25, 0.3) is 0 Å². The van der Waals surface area contributed by atoms with Crippen molar-refractivity contribution in [2.24, 2.45) is 0 Å². The van der Waals surface area contributed by atoms with Crippen LogP contribution in [-0.2, 0) is 21.1 Å². The Hall–Kier alpha value is -3.18. The molecule has 0 atom stereocenters. The van der Waals surface area contributed by atoms with Crippen LogP contribution in [0.2, 0.25) is 0 Å². The molecule has 4 aliphatic rings. The first-order valence-corrected chi connectivity index (χ1v) is 15.2. The summed E-state index contributed by atoms with van der Waals surface area (Å²) in [4.78, 5) is 27.5. The van der Waals surface area contributed by atoms with Gasteiger partial charge in [-0.3, -0.25) is 14.5 Å². The number of anilines is 3. The Kier molecular flexibility index (Phi) is 6.51. The van der Waals surface area contributed by atoms with Gasteiger partial charge in [-0.1, -0.05) is 12.6 Å². The van der Waals surface area contributed by atoms with E-state index in [0.717, 1.165) is 73.2 Å². The summed E-state index contributed by atoms with van der Waals surface area (Å²) in [6.45, 7) is 10.8. The molecular formula is C27H35N7O3S. The lowest BCUT2D eigenvalue weighted by molar-refractivity contribution is -0.127. The number of likely N-dealkylation sites (tertiary alicyclic amines) is 2. The van der Waals surface area contributed by atoms with Crippen molar-refractivity contribution < 1.29 is 13.7 Å². The Morgan fingerprint density at radius 3 is 2.63 bits per heavy atom. The van der Waals surface area contributed by atoms with Crippen LogP contribution in [-0.4, -0.2) is 86.7 Å². The number of nitrogens with zero attached hydrogens (tertiary/aromatic N) is 5. The zero-order valence-electron chi connectivity index (χ0n) is 21.8. The van der Waals surface area contributed by atoms with E-state index in [2.05, 4.69) is 50.7 Å². The Labute approximate surface area is 224 Å². The third kappa shape index (κ3) is 4.73. The Balaban J connectivity index is 1.15. The predicted octanol–water partition coefficient (Wildman–Crippen LogP) is 2.86. The smallest absolute Gasteiger partial charge is 0.245 e. The van der Waals surface area contributed by atoms with Crippen molar-refractivity contribution in [3.63, 3.8) is 0 Å². The maximum absolute atomic E-state index is 12.1. The first-order valence-electron chi connectivity index (χ1n) is 13.3. The predicted molar refractivity (Wildman–Crippen MR) is 148 cm³/mol. The van der Waals surface area contributed by atoms with Gasteiger partial charge in [0.2, 0.25) is 5.91 Å². The largest absolute Gasteiger partial charge is 0.486 e. The van der Waals surface area contributed by atoms with E-state index in [-0.39, 0.29) is 5.91 Å². The van der Waals surface area contributed by atoms with Crippen molar-refractivity contribution in [1.82, 2.24) is 19.8 Å². The third-order valence-corrected chi connectivity index (χ3v) is 10.0. The highest BCUT2D eigenvalue weighted by molar-refractivity contribution is 7.92. The number of fused-ring (bicyclic) bond motifs is 2. The Morgan fingerprint density at radius 2 is 1.92 bits per heavy atom. The molecule has 1 aromatic carbocycles. The zero-order chi connectivity index (χ0) is 26.4. The lowest BCUT2D eigenvalue weighted by Gasteiger charge is -2.47. The number of aromatic nitrogens is 2. The summed E-state index contributed by atoms with van der Waals surface area (Å²) >= 11 is 0. The van der Waals surface area contributed by atoms with E-state index in [9.17, 15) is 9.00 Å². The Bertz CT molecular complexity index is 1350. The van der Waals surface area contributed by atoms with E-state index < -0.39 is 9.73 Å². The molecule has 11 heteroatoms. The molecule has 0 radical (unpaired) electrons. The molecule has 3 fully saturated rings. The lowest BCUT2D eigenvalue weighted by Crippen LogP contribution is -2.54. The normalized spacial score (nSPS) is 21.8. The highest BCUT2D eigenvalue weighted by Gasteiger charge is 2.36. The van der Waals surface area contributed by atoms with Crippen molar-refractivity contribution in [3.8, 4) is 5.75 Å². The van der Waals surface area contributed by atoms with Crippen molar-refractivity contribution in [1.29, 1.82) is 4.78 Å². The molecule has 3 saturated heterocycles. The maximum Gasteiger partial charge on any atom is 0.245 e. The first kappa shape index (κ1) is 25.1. The van der Waals surface area contributed by atoms with Crippen molar-refractivity contribution in [3.05, 3.63) is 47.8 Å². The molecule has 4 aliphatic heterocycles. The summed E-state index contributed by atoms with van der Waals surface area (Å²) in [7, 11) is -2.48. The van der Waals surface area contributed by atoms with Crippen LogP contribution < -0.4 is 15.0 Å². The monoisotopic (exact) mass is 537 g/mol. The molecule has 0 spiro atoms. The van der Waals surface area contributed by atoms with E-state index >= 15 is 0 Å². The van der Waals surface area contributed by atoms with Crippen LogP contribution in [0.3, 0.4) is 0 Å². The second-order valence-electron chi connectivity index (χ2n) is 10.8. The number of aryl methyl sites for hydroxylation is 1. The minimum absolute atomic E-state index is 0.0355. The van der Waals surface area contributed by atoms with Gasteiger partial charge < -0.3 is 19.9 Å². The molecule has 202 valence electrons. The van der Waals surface area contributed by atoms with Gasteiger partial charge in [0.1, 0.15) is 30.3 Å². The fraction of sp³-hybridized carbons (Fsp3) is 0.519. The number of amides is 1. The molecule has 10 nitrogen and oxygen atoms in total. The Morgan fingerprint density at radius 1 is 1.18 bits per heavy atom. The highest BCUT2D eigenvalue weighted by Crippen LogP contribution is 2.42. The van der Waals surface area contributed by atoms with Crippen LogP contribution in [0.15, 0.2) is 31.1 Å². The quantitative estimate of drug-likeness (QED) is 0.573. The number of rotatable bonds is 4. The van der Waals surface area contributed by atoms with Gasteiger partial charge in [-0.25, -0.2) is 14.2 Å². The molecule has 0 bridgehead atoms.